The van der Waals surface area contributed by atoms with E-state index in [0.717, 1.165) is 17.7 Å². The number of hydrogen-bond acceptors (Lipinski definition) is 4. The van der Waals surface area contributed by atoms with Gasteiger partial charge in [-0.3, -0.25) is 9.59 Å². The normalized spacial score (nSPS) is 13.7. The Morgan fingerprint density at radius 3 is 2.33 bits per heavy atom. The molecule has 1 aliphatic rings. The van der Waals surface area contributed by atoms with Crippen LogP contribution in [0, 0.1) is 17.6 Å². The minimum absolute atomic E-state index is 0.266. The van der Waals surface area contributed by atoms with Crippen LogP contribution in [0.4, 0.5) is 8.78 Å². The van der Waals surface area contributed by atoms with E-state index < -0.39 is 29.1 Å². The molecule has 0 fully saturated rings. The second-order valence-corrected chi connectivity index (χ2v) is 7.46. The van der Waals surface area contributed by atoms with Gasteiger partial charge in [-0.25, -0.2) is 8.78 Å². The summed E-state index contributed by atoms with van der Waals surface area (Å²) in [6.45, 7) is 4.71. The van der Waals surface area contributed by atoms with Crippen LogP contribution in [0.5, 0.6) is 11.5 Å². The van der Waals surface area contributed by atoms with Crippen molar-refractivity contribution in [3.8, 4) is 11.5 Å². The third-order valence-corrected chi connectivity index (χ3v) is 4.81. The average Bonchev–Trinajstić information content (AvgIpc) is 2.71. The molecule has 1 N–H and O–H groups in total. The van der Waals surface area contributed by atoms with E-state index in [-0.39, 0.29) is 18.4 Å². The molecule has 2 amide bonds. The van der Waals surface area contributed by atoms with Gasteiger partial charge in [0.25, 0.3) is 5.91 Å². The van der Waals surface area contributed by atoms with Crippen LogP contribution >= 0.6 is 0 Å². The number of nitrogens with zero attached hydrogens (tertiary/aromatic N) is 1. The maximum absolute atomic E-state index is 13.9. The number of halogens is 2. The van der Waals surface area contributed by atoms with Gasteiger partial charge in [0.15, 0.2) is 11.5 Å². The van der Waals surface area contributed by atoms with E-state index in [1.165, 1.54) is 11.0 Å². The quantitative estimate of drug-likeness (QED) is 0.783. The number of carbonyl (C=O) groups excluding carboxylic acids is 2. The molecule has 8 heteroatoms. The molecule has 1 unspecified atom stereocenters. The zero-order valence-corrected chi connectivity index (χ0v) is 17.1. The Hall–Kier alpha value is -3.16. The molecule has 2 aromatic carbocycles. The third-order valence-electron chi connectivity index (χ3n) is 4.81. The van der Waals surface area contributed by atoms with Crippen LogP contribution in [-0.2, 0) is 11.3 Å². The van der Waals surface area contributed by atoms with Crippen LogP contribution in [0.25, 0.3) is 0 Å². The molecule has 2 aromatic rings. The van der Waals surface area contributed by atoms with Crippen molar-refractivity contribution < 1.29 is 27.8 Å². The Morgan fingerprint density at radius 2 is 1.70 bits per heavy atom. The fraction of sp³-hybridized carbons (Fsp3) is 0.364. The van der Waals surface area contributed by atoms with E-state index in [1.807, 2.05) is 6.07 Å². The first-order chi connectivity index (χ1) is 14.3. The zero-order valence-electron chi connectivity index (χ0n) is 17.1. The fourth-order valence-corrected chi connectivity index (χ4v) is 3.22. The van der Waals surface area contributed by atoms with Crippen LogP contribution in [0.1, 0.15) is 29.8 Å². The van der Waals surface area contributed by atoms with Gasteiger partial charge in [-0.1, -0.05) is 26.0 Å². The monoisotopic (exact) mass is 418 g/mol. The summed E-state index contributed by atoms with van der Waals surface area (Å²) in [6.07, 6.45) is 0. The van der Waals surface area contributed by atoms with Crippen LogP contribution in [0.15, 0.2) is 36.4 Å². The lowest BCUT2D eigenvalue weighted by atomic mass is 10.0. The van der Waals surface area contributed by atoms with Gasteiger partial charge in [0.05, 0.1) is 0 Å². The van der Waals surface area contributed by atoms with Crippen molar-refractivity contribution >= 4 is 11.8 Å². The number of carbonyl (C=O) groups is 2. The maximum Gasteiger partial charge on any atom is 0.257 e. The molecule has 0 saturated carbocycles. The average molecular weight is 418 g/mol. The zero-order chi connectivity index (χ0) is 21.8. The maximum atomic E-state index is 13.9. The van der Waals surface area contributed by atoms with Gasteiger partial charge in [-0.15, -0.1) is 0 Å². The number of rotatable bonds is 6. The predicted octanol–water partition coefficient (Wildman–Crippen LogP) is 3.15. The summed E-state index contributed by atoms with van der Waals surface area (Å²) in [6, 6.07) is 7.64. The van der Waals surface area contributed by atoms with Gasteiger partial charge in [0.1, 0.15) is 36.5 Å². The first kappa shape index (κ1) is 21.5. The van der Waals surface area contributed by atoms with Gasteiger partial charge >= 0.3 is 0 Å². The molecule has 3 rings (SSSR count). The van der Waals surface area contributed by atoms with Crippen molar-refractivity contribution in [2.24, 2.45) is 5.92 Å². The molecule has 0 radical (unpaired) electrons. The molecular formula is C22H24F2N2O4. The van der Waals surface area contributed by atoms with E-state index in [9.17, 15) is 18.4 Å². The minimum atomic E-state index is -0.980. The Balaban J connectivity index is 1.72. The minimum Gasteiger partial charge on any atom is -0.486 e. The van der Waals surface area contributed by atoms with E-state index in [4.69, 9.17) is 9.47 Å². The molecular weight excluding hydrogens is 394 g/mol. The second kappa shape index (κ2) is 9.11. The first-order valence-electron chi connectivity index (χ1n) is 9.66. The molecule has 0 aromatic heterocycles. The molecule has 0 aliphatic carbocycles. The summed E-state index contributed by atoms with van der Waals surface area (Å²) in [5.74, 6) is -2.32. The standard InChI is InChI=1S/C22H24F2N2O4/c1-13(2)20(25-21(27)19-15(23)5-4-6-16(19)24)22(28)26(3)12-14-7-8-17-18(11-14)30-10-9-29-17/h4-8,11,13,20H,9-10,12H2,1-3H3,(H,25,27). The number of hydrogen-bond donors (Lipinski definition) is 1. The van der Waals surface area contributed by atoms with Gasteiger partial charge in [-0.05, 0) is 35.7 Å². The molecule has 0 bridgehead atoms. The number of amides is 2. The molecule has 0 saturated heterocycles. The summed E-state index contributed by atoms with van der Waals surface area (Å²) < 4.78 is 38.9. The number of ether oxygens (including phenoxy) is 2. The Kier molecular flexibility index (Phi) is 6.54. The van der Waals surface area contributed by atoms with Crippen LogP contribution in [0.2, 0.25) is 0 Å². The summed E-state index contributed by atoms with van der Waals surface area (Å²) in [7, 11) is 1.60. The highest BCUT2D eigenvalue weighted by atomic mass is 19.1. The van der Waals surface area contributed by atoms with Crippen molar-refractivity contribution in [3.63, 3.8) is 0 Å². The van der Waals surface area contributed by atoms with Gasteiger partial charge in [-0.2, -0.15) is 0 Å². The smallest absolute Gasteiger partial charge is 0.257 e. The molecule has 1 aliphatic heterocycles. The molecule has 160 valence electrons. The number of nitrogens with one attached hydrogen (secondary N) is 1. The van der Waals surface area contributed by atoms with Crippen LogP contribution in [0.3, 0.4) is 0 Å². The summed E-state index contributed by atoms with van der Waals surface area (Å²) in [4.78, 5) is 26.9. The summed E-state index contributed by atoms with van der Waals surface area (Å²) in [5, 5.41) is 2.48. The molecule has 30 heavy (non-hydrogen) atoms. The molecule has 6 nitrogen and oxygen atoms in total. The highest BCUT2D eigenvalue weighted by Crippen LogP contribution is 2.31. The lowest BCUT2D eigenvalue weighted by molar-refractivity contribution is -0.133. The molecule has 1 heterocycles. The highest BCUT2D eigenvalue weighted by Gasteiger charge is 2.29. The number of likely N-dealkylation sites (N-methyl/N-ethyl adjacent to an activating group) is 1. The third kappa shape index (κ3) is 4.69. The molecule has 0 spiro atoms. The van der Waals surface area contributed by atoms with Crippen molar-refractivity contribution in [2.45, 2.75) is 26.4 Å². The van der Waals surface area contributed by atoms with E-state index in [0.29, 0.717) is 24.7 Å². The summed E-state index contributed by atoms with van der Waals surface area (Å²) >= 11 is 0. The van der Waals surface area contributed by atoms with Gasteiger partial charge < -0.3 is 19.7 Å². The van der Waals surface area contributed by atoms with Crippen LogP contribution < -0.4 is 14.8 Å². The number of fused-ring (bicyclic) bond motifs is 1. The Bertz CT molecular complexity index is 928. The highest BCUT2D eigenvalue weighted by molar-refractivity contribution is 5.98. The van der Waals surface area contributed by atoms with Crippen molar-refractivity contribution in [3.05, 3.63) is 59.2 Å². The predicted molar refractivity (Wildman–Crippen MR) is 106 cm³/mol. The van der Waals surface area contributed by atoms with Crippen molar-refractivity contribution in [2.75, 3.05) is 20.3 Å². The lowest BCUT2D eigenvalue weighted by Crippen LogP contribution is -2.50. The first-order valence-corrected chi connectivity index (χ1v) is 9.66. The van der Waals surface area contributed by atoms with Gasteiger partial charge in [0.2, 0.25) is 5.91 Å². The van der Waals surface area contributed by atoms with Gasteiger partial charge in [0, 0.05) is 13.6 Å². The lowest BCUT2D eigenvalue weighted by Gasteiger charge is -2.27. The fourth-order valence-electron chi connectivity index (χ4n) is 3.22. The topological polar surface area (TPSA) is 67.9 Å². The van der Waals surface area contributed by atoms with E-state index >= 15 is 0 Å². The van der Waals surface area contributed by atoms with E-state index in [2.05, 4.69) is 5.32 Å². The molecule has 1 atom stereocenters. The van der Waals surface area contributed by atoms with Crippen molar-refractivity contribution in [1.29, 1.82) is 0 Å². The Morgan fingerprint density at radius 1 is 1.07 bits per heavy atom. The second-order valence-electron chi connectivity index (χ2n) is 7.46. The SMILES string of the molecule is CC(C)C(NC(=O)c1c(F)cccc1F)C(=O)N(C)Cc1ccc2c(c1)OCCO2. The number of benzene rings is 2. The largest absolute Gasteiger partial charge is 0.486 e. The van der Waals surface area contributed by atoms with Crippen molar-refractivity contribution in [1.82, 2.24) is 10.2 Å². The van der Waals surface area contributed by atoms with E-state index in [1.54, 1.807) is 33.0 Å². The van der Waals surface area contributed by atoms with Crippen LogP contribution in [-0.4, -0.2) is 43.0 Å². The summed E-state index contributed by atoms with van der Waals surface area (Å²) in [5.41, 5.74) is 0.120. The Labute approximate surface area is 173 Å².